The van der Waals surface area contributed by atoms with Gasteiger partial charge in [-0.1, -0.05) is 11.6 Å². The van der Waals surface area contributed by atoms with E-state index < -0.39 is 35.8 Å². The van der Waals surface area contributed by atoms with Gasteiger partial charge in [-0.05, 0) is 30.3 Å². The summed E-state index contributed by atoms with van der Waals surface area (Å²) < 4.78 is 68.1. The average molecular weight is 542 g/mol. The number of hydrogen-bond acceptors (Lipinski definition) is 6. The van der Waals surface area contributed by atoms with Crippen molar-refractivity contribution in [2.75, 3.05) is 44.2 Å². The van der Waals surface area contributed by atoms with Gasteiger partial charge in [-0.3, -0.25) is 9.69 Å². The Balaban J connectivity index is 1.34. The van der Waals surface area contributed by atoms with Crippen LogP contribution in [0, 0.1) is 11.6 Å². The zero-order valence-electron chi connectivity index (χ0n) is 19.2. The molecule has 2 saturated heterocycles. The van der Waals surface area contributed by atoms with Gasteiger partial charge in [-0.2, -0.15) is 13.2 Å². The van der Waals surface area contributed by atoms with Gasteiger partial charge in [0.15, 0.2) is 11.6 Å². The van der Waals surface area contributed by atoms with E-state index in [1.807, 2.05) is 4.90 Å². The Kier molecular flexibility index (Phi) is 6.67. The van der Waals surface area contributed by atoms with Crippen LogP contribution in [0.1, 0.15) is 16.2 Å². The summed E-state index contributed by atoms with van der Waals surface area (Å²) in [6.07, 6.45) is -5.85. The quantitative estimate of drug-likeness (QED) is 0.511. The molecule has 5 rings (SSSR count). The van der Waals surface area contributed by atoms with Crippen molar-refractivity contribution in [2.24, 2.45) is 0 Å². The van der Waals surface area contributed by atoms with E-state index >= 15 is 0 Å². The Labute approximate surface area is 213 Å². The van der Waals surface area contributed by atoms with E-state index in [0.717, 1.165) is 6.07 Å². The van der Waals surface area contributed by atoms with Crippen LogP contribution in [-0.2, 0) is 6.18 Å². The minimum Gasteiger partial charge on any atom is -0.390 e. The molecule has 2 aliphatic heterocycles. The van der Waals surface area contributed by atoms with Crippen LogP contribution < -0.4 is 4.90 Å². The predicted octanol–water partition coefficient (Wildman–Crippen LogP) is 3.59. The third-order valence-electron chi connectivity index (χ3n) is 6.69. The van der Waals surface area contributed by atoms with Crippen LogP contribution in [0.5, 0.6) is 0 Å². The largest absolute Gasteiger partial charge is 0.451 e. The number of carbonyl (C=O) groups is 1. The summed E-state index contributed by atoms with van der Waals surface area (Å²) in [5.74, 6) is -4.42. The van der Waals surface area contributed by atoms with Crippen molar-refractivity contribution < 1.29 is 31.9 Å². The smallest absolute Gasteiger partial charge is 0.390 e. The first-order valence-electron chi connectivity index (χ1n) is 11.5. The number of β-amino-alcohol motifs (C(OH)–C–C–N with tert-alkyl or cyclic N) is 1. The Hall–Kier alpha value is -3.09. The number of nitrogens with zero attached hydrogens (tertiary/aromatic N) is 5. The first-order valence-corrected chi connectivity index (χ1v) is 11.8. The zero-order valence-corrected chi connectivity index (χ0v) is 20.0. The molecule has 0 spiro atoms. The molecule has 2 aromatic carbocycles. The number of benzene rings is 2. The number of aliphatic hydroxyl groups is 1. The average Bonchev–Trinajstić information content (AvgIpc) is 3.25. The van der Waals surface area contributed by atoms with Crippen LogP contribution in [0.3, 0.4) is 0 Å². The Morgan fingerprint density at radius 1 is 0.973 bits per heavy atom. The lowest BCUT2D eigenvalue weighted by Crippen LogP contribution is -2.54. The lowest BCUT2D eigenvalue weighted by molar-refractivity contribution is -0.144. The number of aromatic nitrogens is 2. The molecule has 3 heterocycles. The molecule has 1 aromatic heterocycles. The fourth-order valence-electron chi connectivity index (χ4n) is 4.81. The van der Waals surface area contributed by atoms with Gasteiger partial charge in [0.2, 0.25) is 5.82 Å². The highest BCUT2D eigenvalue weighted by Gasteiger charge is 2.41. The maximum absolute atomic E-state index is 14.0. The highest BCUT2D eigenvalue weighted by atomic mass is 35.5. The number of alkyl halides is 3. The molecule has 7 nitrogen and oxygen atoms in total. The maximum Gasteiger partial charge on any atom is 0.451 e. The molecule has 0 radical (unpaired) electrons. The Bertz CT molecular complexity index is 1330. The number of fused-ring (bicyclic) bond motifs is 1. The lowest BCUT2D eigenvalue weighted by Gasteiger charge is -2.38. The van der Waals surface area contributed by atoms with Gasteiger partial charge in [0.1, 0.15) is 5.82 Å². The first kappa shape index (κ1) is 25.6. The second kappa shape index (κ2) is 9.66. The second-order valence-corrected chi connectivity index (χ2v) is 9.46. The van der Waals surface area contributed by atoms with Crippen molar-refractivity contribution >= 4 is 34.2 Å². The summed E-state index contributed by atoms with van der Waals surface area (Å²) in [5.41, 5.74) is 0.119. The molecule has 13 heteroatoms. The SMILES string of the molecule is O=C(c1ccc(Cl)cc1)N1CCN([C@H]2CN(c3nc(C(F)(F)F)nc4cc(F)c(F)cc34)C[C@@H]2O)CC1. The third kappa shape index (κ3) is 5.05. The molecule has 0 bridgehead atoms. The molecule has 196 valence electrons. The number of aliphatic hydroxyl groups excluding tert-OH is 1. The lowest BCUT2D eigenvalue weighted by atomic mass is 10.1. The van der Waals surface area contributed by atoms with Gasteiger partial charge >= 0.3 is 6.18 Å². The van der Waals surface area contributed by atoms with Gasteiger partial charge in [-0.25, -0.2) is 18.7 Å². The number of anilines is 1. The van der Waals surface area contributed by atoms with Gasteiger partial charge < -0.3 is 14.9 Å². The van der Waals surface area contributed by atoms with Crippen molar-refractivity contribution in [3.05, 3.63) is 64.4 Å². The van der Waals surface area contributed by atoms with Gasteiger partial charge in [-0.15, -0.1) is 0 Å². The molecule has 2 fully saturated rings. The van der Waals surface area contributed by atoms with E-state index in [4.69, 9.17) is 11.6 Å². The van der Waals surface area contributed by atoms with Crippen molar-refractivity contribution in [1.82, 2.24) is 19.8 Å². The van der Waals surface area contributed by atoms with Crippen molar-refractivity contribution in [3.63, 3.8) is 0 Å². The highest BCUT2D eigenvalue weighted by molar-refractivity contribution is 6.30. The molecular formula is C24H21ClF5N5O2. The van der Waals surface area contributed by atoms with E-state index in [1.165, 1.54) is 4.90 Å². The van der Waals surface area contributed by atoms with E-state index in [9.17, 15) is 31.9 Å². The van der Waals surface area contributed by atoms with Crippen LogP contribution in [0.15, 0.2) is 36.4 Å². The molecule has 2 atom stereocenters. The normalized spacial score (nSPS) is 21.2. The standard InChI is InChI=1S/C24H21ClF5N5O2/c25-14-3-1-13(2-4-14)22(37)34-7-5-33(6-8-34)19-11-35(12-20(19)36)21-15-9-16(26)17(27)10-18(15)31-23(32-21)24(28,29)30/h1-4,9-10,19-20,36H,5-8,11-12H2/t19-,20-/m0/s1. The molecule has 37 heavy (non-hydrogen) atoms. The van der Waals surface area contributed by atoms with Crippen LogP contribution in [0.25, 0.3) is 10.9 Å². The predicted molar refractivity (Wildman–Crippen MR) is 125 cm³/mol. The highest BCUT2D eigenvalue weighted by Crippen LogP contribution is 2.34. The fourth-order valence-corrected chi connectivity index (χ4v) is 4.93. The van der Waals surface area contributed by atoms with Crippen LogP contribution >= 0.6 is 11.6 Å². The van der Waals surface area contributed by atoms with Gasteiger partial charge in [0.05, 0.1) is 17.7 Å². The topological polar surface area (TPSA) is 72.8 Å². The zero-order chi connectivity index (χ0) is 26.5. The van der Waals surface area contributed by atoms with Crippen molar-refractivity contribution in [2.45, 2.75) is 18.3 Å². The van der Waals surface area contributed by atoms with E-state index in [-0.39, 0.29) is 35.7 Å². The number of hydrogen-bond donors (Lipinski definition) is 1. The molecule has 0 saturated carbocycles. The number of carbonyl (C=O) groups excluding carboxylic acids is 1. The van der Waals surface area contributed by atoms with Crippen LogP contribution in [0.4, 0.5) is 27.8 Å². The molecule has 0 unspecified atom stereocenters. The second-order valence-electron chi connectivity index (χ2n) is 9.03. The van der Waals surface area contributed by atoms with Gasteiger partial charge in [0.25, 0.3) is 5.91 Å². The molecule has 1 amide bonds. The summed E-state index contributed by atoms with van der Waals surface area (Å²) in [5, 5.41) is 11.2. The molecule has 0 aliphatic carbocycles. The first-order chi connectivity index (χ1) is 17.5. The summed E-state index contributed by atoms with van der Waals surface area (Å²) >= 11 is 5.88. The van der Waals surface area contributed by atoms with E-state index in [1.54, 1.807) is 29.2 Å². The summed E-state index contributed by atoms with van der Waals surface area (Å²) in [6.45, 7) is 1.71. The number of piperazine rings is 1. The number of rotatable bonds is 3. The van der Waals surface area contributed by atoms with Crippen molar-refractivity contribution in [3.8, 4) is 0 Å². The fraction of sp³-hybridized carbons (Fsp3) is 0.375. The minimum absolute atomic E-state index is 0.0585. The number of amides is 1. The van der Waals surface area contributed by atoms with Gasteiger partial charge in [0, 0.05) is 61.3 Å². The van der Waals surface area contributed by atoms with E-state index in [2.05, 4.69) is 9.97 Å². The Morgan fingerprint density at radius 2 is 1.62 bits per heavy atom. The van der Waals surface area contributed by atoms with Crippen LogP contribution in [0.2, 0.25) is 5.02 Å². The minimum atomic E-state index is -4.90. The Morgan fingerprint density at radius 3 is 2.27 bits per heavy atom. The summed E-state index contributed by atoms with van der Waals surface area (Å²) in [4.78, 5) is 24.8. The number of halogens is 6. The van der Waals surface area contributed by atoms with E-state index in [0.29, 0.717) is 42.8 Å². The summed E-state index contributed by atoms with van der Waals surface area (Å²) in [6, 6.07) is 7.47. The van der Waals surface area contributed by atoms with Crippen LogP contribution in [-0.4, -0.2) is 82.2 Å². The molecule has 1 N–H and O–H groups in total. The molecular weight excluding hydrogens is 521 g/mol. The third-order valence-corrected chi connectivity index (χ3v) is 6.94. The monoisotopic (exact) mass is 541 g/mol. The maximum atomic E-state index is 14.0. The summed E-state index contributed by atoms with van der Waals surface area (Å²) in [7, 11) is 0. The molecule has 2 aliphatic rings. The van der Waals surface area contributed by atoms with Crippen molar-refractivity contribution in [1.29, 1.82) is 0 Å². The molecule has 3 aromatic rings.